The molecule has 2 aromatic heterocycles. The van der Waals surface area contributed by atoms with Gasteiger partial charge in [-0.1, -0.05) is 18.2 Å². The second-order valence-electron chi connectivity index (χ2n) is 6.39. The number of thiazole rings is 1. The number of nitrogens with zero attached hydrogens (tertiary/aromatic N) is 4. The summed E-state index contributed by atoms with van der Waals surface area (Å²) in [7, 11) is 0. The van der Waals surface area contributed by atoms with Crippen LogP contribution < -0.4 is 16.6 Å². The van der Waals surface area contributed by atoms with Crippen molar-refractivity contribution in [2.75, 3.05) is 5.32 Å². The van der Waals surface area contributed by atoms with Crippen LogP contribution in [0.25, 0.3) is 0 Å². The summed E-state index contributed by atoms with van der Waals surface area (Å²) in [5.41, 5.74) is 0.960. The quantitative estimate of drug-likeness (QED) is 0.669. The Balaban J connectivity index is 1.77. The number of nitrogens with one attached hydrogen (secondary N) is 1. The van der Waals surface area contributed by atoms with Crippen molar-refractivity contribution in [1.29, 1.82) is 5.26 Å². The van der Waals surface area contributed by atoms with Gasteiger partial charge in [0.25, 0.3) is 5.56 Å². The molecular formula is C20H19N5O3S. The van der Waals surface area contributed by atoms with Gasteiger partial charge in [0.15, 0.2) is 0 Å². The summed E-state index contributed by atoms with van der Waals surface area (Å²) in [5, 5.41) is 14.3. The van der Waals surface area contributed by atoms with Crippen LogP contribution in [0.5, 0.6) is 0 Å². The minimum atomic E-state index is -0.644. The molecule has 3 aromatic rings. The Hall–Kier alpha value is -3.51. The molecule has 0 saturated heterocycles. The smallest absolute Gasteiger partial charge is 0.325 e. The van der Waals surface area contributed by atoms with Crippen molar-refractivity contribution in [3.8, 4) is 6.07 Å². The highest BCUT2D eigenvalue weighted by atomic mass is 32.1. The van der Waals surface area contributed by atoms with Crippen molar-refractivity contribution >= 4 is 22.9 Å². The zero-order chi connectivity index (χ0) is 21.0. The molecule has 9 heteroatoms. The Morgan fingerprint density at radius 3 is 2.76 bits per heavy atom. The predicted molar refractivity (Wildman–Crippen MR) is 110 cm³/mol. The lowest BCUT2D eigenvalue weighted by Crippen LogP contribution is -2.41. The van der Waals surface area contributed by atoms with E-state index in [1.165, 1.54) is 22.1 Å². The van der Waals surface area contributed by atoms with E-state index < -0.39 is 11.2 Å². The van der Waals surface area contributed by atoms with E-state index >= 15 is 0 Å². The lowest BCUT2D eigenvalue weighted by Gasteiger charge is -2.08. The SMILES string of the molecule is CCn1cc(C#N)c(=O)n(Cc2csc(CC(=O)Nc3ccccc3C)n2)c1=O. The van der Waals surface area contributed by atoms with E-state index in [-0.39, 0.29) is 24.4 Å². The number of rotatable bonds is 6. The normalized spacial score (nSPS) is 10.5. The van der Waals surface area contributed by atoms with Crippen LogP contribution in [0.1, 0.15) is 28.8 Å². The van der Waals surface area contributed by atoms with Crippen molar-refractivity contribution < 1.29 is 4.79 Å². The van der Waals surface area contributed by atoms with E-state index in [4.69, 9.17) is 5.26 Å². The van der Waals surface area contributed by atoms with Crippen LogP contribution in [0.3, 0.4) is 0 Å². The van der Waals surface area contributed by atoms with Gasteiger partial charge in [-0.15, -0.1) is 11.3 Å². The maximum absolute atomic E-state index is 12.4. The fourth-order valence-electron chi connectivity index (χ4n) is 2.81. The molecule has 2 heterocycles. The van der Waals surface area contributed by atoms with Gasteiger partial charge in [0.1, 0.15) is 16.6 Å². The van der Waals surface area contributed by atoms with Crippen LogP contribution in [-0.4, -0.2) is 20.0 Å². The van der Waals surface area contributed by atoms with Crippen LogP contribution >= 0.6 is 11.3 Å². The van der Waals surface area contributed by atoms with Gasteiger partial charge in [-0.2, -0.15) is 5.26 Å². The van der Waals surface area contributed by atoms with Crippen LogP contribution in [0, 0.1) is 18.3 Å². The Morgan fingerprint density at radius 1 is 1.31 bits per heavy atom. The number of nitriles is 1. The summed E-state index contributed by atoms with van der Waals surface area (Å²) in [6, 6.07) is 9.30. The Labute approximate surface area is 170 Å². The molecule has 29 heavy (non-hydrogen) atoms. The molecular weight excluding hydrogens is 390 g/mol. The van der Waals surface area contributed by atoms with Crippen molar-refractivity contribution in [2.45, 2.75) is 33.4 Å². The molecule has 0 unspecified atom stereocenters. The minimum Gasteiger partial charge on any atom is -0.325 e. The molecule has 0 spiro atoms. The van der Waals surface area contributed by atoms with Gasteiger partial charge in [-0.05, 0) is 25.5 Å². The van der Waals surface area contributed by atoms with E-state index in [2.05, 4.69) is 10.3 Å². The molecule has 0 fully saturated rings. The lowest BCUT2D eigenvalue weighted by atomic mass is 10.2. The van der Waals surface area contributed by atoms with E-state index in [0.29, 0.717) is 17.2 Å². The molecule has 1 amide bonds. The third kappa shape index (κ3) is 4.50. The largest absolute Gasteiger partial charge is 0.331 e. The lowest BCUT2D eigenvalue weighted by molar-refractivity contribution is -0.115. The number of hydrogen-bond acceptors (Lipinski definition) is 6. The van der Waals surface area contributed by atoms with E-state index in [0.717, 1.165) is 15.8 Å². The molecule has 1 aromatic carbocycles. The van der Waals surface area contributed by atoms with Gasteiger partial charge in [0, 0.05) is 23.8 Å². The number of anilines is 1. The Morgan fingerprint density at radius 2 is 2.07 bits per heavy atom. The molecule has 0 aliphatic heterocycles. The van der Waals surface area contributed by atoms with Gasteiger partial charge in [0.2, 0.25) is 5.91 Å². The number of amides is 1. The number of hydrogen-bond donors (Lipinski definition) is 1. The molecule has 8 nitrogen and oxygen atoms in total. The molecule has 0 aliphatic rings. The summed E-state index contributed by atoms with van der Waals surface area (Å²) in [6.45, 7) is 3.96. The van der Waals surface area contributed by atoms with Crippen molar-refractivity contribution in [3.63, 3.8) is 0 Å². The van der Waals surface area contributed by atoms with Gasteiger partial charge < -0.3 is 5.32 Å². The fraction of sp³-hybridized carbons (Fsp3) is 0.250. The average Bonchev–Trinajstić information content (AvgIpc) is 3.14. The van der Waals surface area contributed by atoms with E-state index in [9.17, 15) is 14.4 Å². The van der Waals surface area contributed by atoms with Crippen LogP contribution in [0.2, 0.25) is 0 Å². The number of aromatic nitrogens is 3. The zero-order valence-electron chi connectivity index (χ0n) is 16.0. The third-order valence-corrected chi connectivity index (χ3v) is 5.25. The minimum absolute atomic E-state index is 0.0525. The number of carbonyl (C=O) groups excluding carboxylic acids is 1. The summed E-state index contributed by atoms with van der Waals surface area (Å²) in [5.74, 6) is -0.197. The summed E-state index contributed by atoms with van der Waals surface area (Å²) in [4.78, 5) is 41.5. The molecule has 148 valence electrons. The first-order valence-corrected chi connectivity index (χ1v) is 9.84. The molecule has 1 N–H and O–H groups in total. The molecule has 0 aliphatic carbocycles. The van der Waals surface area contributed by atoms with E-state index in [1.54, 1.807) is 12.3 Å². The van der Waals surface area contributed by atoms with Crippen molar-refractivity contribution in [1.82, 2.24) is 14.1 Å². The third-order valence-electron chi connectivity index (χ3n) is 4.35. The van der Waals surface area contributed by atoms with Crippen LogP contribution in [0.15, 0.2) is 45.4 Å². The summed E-state index contributed by atoms with van der Waals surface area (Å²) in [6.07, 6.45) is 1.36. The topological polar surface area (TPSA) is 110 Å². The van der Waals surface area contributed by atoms with Crippen LogP contribution in [0.4, 0.5) is 5.69 Å². The van der Waals surface area contributed by atoms with Crippen molar-refractivity contribution in [2.24, 2.45) is 0 Å². The fourth-order valence-corrected chi connectivity index (χ4v) is 3.59. The van der Waals surface area contributed by atoms with E-state index in [1.807, 2.05) is 37.3 Å². The molecule has 0 bridgehead atoms. The predicted octanol–water partition coefficient (Wildman–Crippen LogP) is 1.90. The highest BCUT2D eigenvalue weighted by Gasteiger charge is 2.14. The highest BCUT2D eigenvalue weighted by Crippen LogP contribution is 2.15. The maximum atomic E-state index is 12.4. The molecule has 0 radical (unpaired) electrons. The molecule has 0 saturated carbocycles. The zero-order valence-corrected chi connectivity index (χ0v) is 16.8. The first-order chi connectivity index (χ1) is 13.9. The summed E-state index contributed by atoms with van der Waals surface area (Å²) >= 11 is 1.28. The second-order valence-corrected chi connectivity index (χ2v) is 7.33. The number of benzene rings is 1. The number of para-hydroxylation sites is 1. The van der Waals surface area contributed by atoms with Gasteiger partial charge in [0.05, 0.1) is 18.7 Å². The average molecular weight is 409 g/mol. The number of carbonyl (C=O) groups is 1. The molecule has 3 rings (SSSR count). The van der Waals surface area contributed by atoms with Crippen LogP contribution in [-0.2, 0) is 24.3 Å². The standard InChI is InChI=1S/C20H19N5O3S/c1-3-24-10-14(9-21)19(27)25(20(24)28)11-15-12-29-18(22-15)8-17(26)23-16-7-5-4-6-13(16)2/h4-7,10,12H,3,8,11H2,1-2H3,(H,23,26). The molecule has 0 atom stereocenters. The summed E-state index contributed by atoms with van der Waals surface area (Å²) < 4.78 is 2.30. The first kappa shape index (κ1) is 20.2. The van der Waals surface area contributed by atoms with Gasteiger partial charge in [-0.25, -0.2) is 9.78 Å². The highest BCUT2D eigenvalue weighted by molar-refractivity contribution is 7.09. The van der Waals surface area contributed by atoms with Gasteiger partial charge in [-0.3, -0.25) is 18.7 Å². The number of aryl methyl sites for hydroxylation is 2. The monoisotopic (exact) mass is 409 g/mol. The maximum Gasteiger partial charge on any atom is 0.331 e. The van der Waals surface area contributed by atoms with Gasteiger partial charge >= 0.3 is 5.69 Å². The Kier molecular flexibility index (Phi) is 6.04. The Bertz CT molecular complexity index is 1220. The first-order valence-electron chi connectivity index (χ1n) is 8.96. The van der Waals surface area contributed by atoms with Crippen molar-refractivity contribution in [3.05, 3.63) is 78.5 Å². The second kappa shape index (κ2) is 8.67.